The molecule has 3 atom stereocenters. The summed E-state index contributed by atoms with van der Waals surface area (Å²) < 4.78 is 33.5. The monoisotopic (exact) mass is 593 g/mol. The second-order valence-electron chi connectivity index (χ2n) is 12.4. The Bertz CT molecular complexity index is 1480. The van der Waals surface area contributed by atoms with Gasteiger partial charge in [0.25, 0.3) is 0 Å². The van der Waals surface area contributed by atoms with E-state index in [0.717, 1.165) is 53.8 Å². The predicted octanol–water partition coefficient (Wildman–Crippen LogP) is 5.60. The van der Waals surface area contributed by atoms with Gasteiger partial charge in [0.1, 0.15) is 55.4 Å². The van der Waals surface area contributed by atoms with Crippen molar-refractivity contribution in [2.45, 2.75) is 43.1 Å². The highest BCUT2D eigenvalue weighted by Crippen LogP contribution is 2.38. The molecule has 2 N–H and O–H groups in total. The highest BCUT2D eigenvalue weighted by Gasteiger charge is 2.33. The Morgan fingerprint density at radius 3 is 1.05 bits per heavy atom. The van der Waals surface area contributed by atoms with Crippen LogP contribution in [0.15, 0.2) is 97.1 Å². The quantitative estimate of drug-likeness (QED) is 0.150. The molecule has 3 aliphatic heterocycles. The molecule has 3 heterocycles. The first-order chi connectivity index (χ1) is 21.4. The summed E-state index contributed by atoms with van der Waals surface area (Å²) in [6.45, 7) is 8.51. The average Bonchev–Trinajstić information content (AvgIpc) is 3.91. The van der Waals surface area contributed by atoms with Crippen molar-refractivity contribution in [3.8, 4) is 17.2 Å². The number of hydrogen-bond donors (Lipinski definition) is 1. The van der Waals surface area contributed by atoms with E-state index in [0.29, 0.717) is 19.8 Å². The Hall–Kier alpha value is -3.88. The van der Waals surface area contributed by atoms with Crippen LogP contribution < -0.4 is 19.9 Å². The van der Waals surface area contributed by atoms with Gasteiger partial charge in [-0.2, -0.15) is 0 Å². The van der Waals surface area contributed by atoms with Crippen molar-refractivity contribution in [2.75, 3.05) is 39.6 Å². The molecule has 3 fully saturated rings. The summed E-state index contributed by atoms with van der Waals surface area (Å²) in [6, 6.07) is 33.1. The molecule has 0 spiro atoms. The van der Waals surface area contributed by atoms with Crippen LogP contribution in [0.1, 0.15) is 41.7 Å². The lowest BCUT2D eigenvalue weighted by molar-refractivity contribution is 0.263. The van der Waals surface area contributed by atoms with Crippen molar-refractivity contribution < 1.29 is 28.4 Å². The van der Waals surface area contributed by atoms with Crippen LogP contribution in [0.25, 0.3) is 0 Å². The van der Waals surface area contributed by atoms with Gasteiger partial charge >= 0.3 is 0 Å². The smallest absolute Gasteiger partial charge is 0.119 e. The topological polar surface area (TPSA) is 91.3 Å². The van der Waals surface area contributed by atoms with Crippen LogP contribution in [-0.4, -0.2) is 58.0 Å². The normalized spacial score (nSPS) is 21.7. The van der Waals surface area contributed by atoms with Crippen molar-refractivity contribution in [2.24, 2.45) is 5.73 Å². The zero-order valence-corrected chi connectivity index (χ0v) is 25.2. The molecule has 7 nitrogen and oxygen atoms in total. The maximum Gasteiger partial charge on any atom is 0.119 e. The van der Waals surface area contributed by atoms with E-state index in [1.807, 2.05) is 36.4 Å². The summed E-state index contributed by atoms with van der Waals surface area (Å²) in [4.78, 5) is 0. The van der Waals surface area contributed by atoms with Gasteiger partial charge in [0.15, 0.2) is 0 Å². The van der Waals surface area contributed by atoms with Crippen LogP contribution in [-0.2, 0) is 25.2 Å². The summed E-state index contributed by atoms with van der Waals surface area (Å²) in [7, 11) is 0. The first-order valence-electron chi connectivity index (χ1n) is 15.3. The number of rotatable bonds is 14. The van der Waals surface area contributed by atoms with Gasteiger partial charge in [-0.05, 0) is 64.2 Å². The largest absolute Gasteiger partial charge is 0.491 e. The van der Waals surface area contributed by atoms with Gasteiger partial charge in [-0.15, -0.1) is 0 Å². The minimum Gasteiger partial charge on any atom is -0.491 e. The molecule has 0 aromatic heterocycles. The van der Waals surface area contributed by atoms with Crippen LogP contribution in [0.2, 0.25) is 0 Å². The Kier molecular flexibility index (Phi) is 7.81. The van der Waals surface area contributed by atoms with Crippen molar-refractivity contribution in [1.29, 1.82) is 0 Å². The van der Waals surface area contributed by atoms with Gasteiger partial charge in [-0.3, -0.25) is 0 Å². The van der Waals surface area contributed by atoms with Crippen LogP contribution >= 0.6 is 0 Å². The number of hydrogen-bond acceptors (Lipinski definition) is 7. The molecule has 3 unspecified atom stereocenters. The fourth-order valence-electron chi connectivity index (χ4n) is 5.47. The first kappa shape index (κ1) is 28.9. The van der Waals surface area contributed by atoms with Crippen molar-refractivity contribution >= 4 is 0 Å². The molecule has 7 rings (SSSR count). The third kappa shape index (κ3) is 6.47. The van der Waals surface area contributed by atoms with Crippen molar-refractivity contribution in [1.82, 2.24) is 0 Å². The van der Waals surface area contributed by atoms with E-state index in [2.05, 4.69) is 74.5 Å². The van der Waals surface area contributed by atoms with Crippen LogP contribution in [0.5, 0.6) is 17.2 Å². The van der Waals surface area contributed by atoms with E-state index in [1.165, 1.54) is 11.1 Å². The van der Waals surface area contributed by atoms with Crippen LogP contribution in [0, 0.1) is 0 Å². The van der Waals surface area contributed by atoms with Gasteiger partial charge in [0, 0.05) is 5.41 Å². The Balaban J connectivity index is 1.15. The molecule has 0 amide bonds. The van der Waals surface area contributed by atoms with E-state index in [-0.39, 0.29) is 23.7 Å². The summed E-state index contributed by atoms with van der Waals surface area (Å²) in [5.74, 6) is 2.46. The Labute approximate surface area is 258 Å². The molecule has 7 heteroatoms. The van der Waals surface area contributed by atoms with Crippen molar-refractivity contribution in [3.05, 3.63) is 125 Å². The number of benzene rings is 4. The second kappa shape index (κ2) is 11.9. The average molecular weight is 594 g/mol. The molecule has 4 aromatic carbocycles. The molecule has 228 valence electrons. The zero-order chi connectivity index (χ0) is 30.1. The van der Waals surface area contributed by atoms with Crippen molar-refractivity contribution in [3.63, 3.8) is 0 Å². The molecule has 3 aliphatic rings. The van der Waals surface area contributed by atoms with E-state index in [9.17, 15) is 0 Å². The summed E-state index contributed by atoms with van der Waals surface area (Å²) in [5, 5.41) is 0. The maximum absolute atomic E-state index is 7.42. The van der Waals surface area contributed by atoms with E-state index in [4.69, 9.17) is 34.2 Å². The SMILES string of the molecule is CC(C)(c1ccc(OCC2CO2)cc1)c1ccc(C(N)(c2ccc(OCC3CO3)cc2)c2ccc(OCC3CO3)cc2)cc1. The molecule has 0 radical (unpaired) electrons. The number of ether oxygens (including phenoxy) is 6. The van der Waals surface area contributed by atoms with Gasteiger partial charge in [-0.25, -0.2) is 0 Å². The van der Waals surface area contributed by atoms with E-state index < -0.39 is 5.54 Å². The minimum absolute atomic E-state index is 0.201. The molecule has 3 saturated heterocycles. The summed E-state index contributed by atoms with van der Waals surface area (Å²) >= 11 is 0. The lowest BCUT2D eigenvalue weighted by atomic mass is 9.74. The molecule has 0 saturated carbocycles. The Morgan fingerprint density at radius 1 is 0.500 bits per heavy atom. The van der Waals surface area contributed by atoms with Crippen LogP contribution in [0.3, 0.4) is 0 Å². The molecular weight excluding hydrogens is 554 g/mol. The molecule has 0 aliphatic carbocycles. The Morgan fingerprint density at radius 2 is 0.750 bits per heavy atom. The third-order valence-electron chi connectivity index (χ3n) is 8.77. The fraction of sp³-hybridized carbons (Fsp3) is 0.351. The summed E-state index contributed by atoms with van der Waals surface area (Å²) in [6.07, 6.45) is 0.639. The van der Waals surface area contributed by atoms with E-state index >= 15 is 0 Å². The van der Waals surface area contributed by atoms with Crippen LogP contribution in [0.4, 0.5) is 0 Å². The van der Waals surface area contributed by atoms with Gasteiger partial charge in [0.05, 0.1) is 25.4 Å². The standard InChI is InChI=1S/C37H39NO6/c1-36(2,26-7-13-30(14-8-26)39-19-33-22-42-33)25-3-5-27(6-4-25)37(38,28-9-15-31(16-10-28)40-20-34-23-43-34)29-11-17-32(18-12-29)41-21-35-24-44-35/h3-18,33-35H,19-24,38H2,1-2H3. The first-order valence-corrected chi connectivity index (χ1v) is 15.3. The van der Waals surface area contributed by atoms with Gasteiger partial charge in [-0.1, -0.05) is 74.5 Å². The lowest BCUT2D eigenvalue weighted by Gasteiger charge is -2.33. The highest BCUT2D eigenvalue weighted by molar-refractivity contribution is 5.52. The number of nitrogens with two attached hydrogens (primary N) is 1. The van der Waals surface area contributed by atoms with Gasteiger partial charge in [0.2, 0.25) is 0 Å². The fourth-order valence-corrected chi connectivity index (χ4v) is 5.47. The number of epoxide rings is 3. The minimum atomic E-state index is -0.900. The second-order valence-corrected chi connectivity index (χ2v) is 12.4. The molecular formula is C37H39NO6. The summed E-state index contributed by atoms with van der Waals surface area (Å²) in [5.41, 5.74) is 11.6. The molecule has 44 heavy (non-hydrogen) atoms. The predicted molar refractivity (Wildman–Crippen MR) is 168 cm³/mol. The lowest BCUT2D eigenvalue weighted by Crippen LogP contribution is -2.39. The molecule has 0 bridgehead atoms. The maximum atomic E-state index is 7.42. The zero-order valence-electron chi connectivity index (χ0n) is 25.2. The third-order valence-corrected chi connectivity index (χ3v) is 8.77. The highest BCUT2D eigenvalue weighted by atomic mass is 16.6. The molecule has 4 aromatic rings. The van der Waals surface area contributed by atoms with E-state index in [1.54, 1.807) is 0 Å². The van der Waals surface area contributed by atoms with Gasteiger partial charge < -0.3 is 34.2 Å².